The zero-order chi connectivity index (χ0) is 29.5. The molecule has 216 valence electrons. The van der Waals surface area contributed by atoms with Gasteiger partial charge in [0.05, 0.1) is 24.4 Å². The van der Waals surface area contributed by atoms with Crippen molar-refractivity contribution in [2.45, 2.75) is 65.0 Å². The van der Waals surface area contributed by atoms with Crippen LogP contribution in [-0.2, 0) is 17.8 Å². The maximum absolute atomic E-state index is 14.6. The van der Waals surface area contributed by atoms with Crippen LogP contribution in [-0.4, -0.2) is 49.0 Å². The number of hydrogen-bond donors (Lipinski definition) is 0. The van der Waals surface area contributed by atoms with E-state index in [4.69, 9.17) is 4.99 Å². The molecule has 42 heavy (non-hydrogen) atoms. The predicted octanol–water partition coefficient (Wildman–Crippen LogP) is 5.35. The largest absolute Gasteiger partial charge is 0.337 e. The molecule has 1 aliphatic heterocycles. The molecular weight excluding hydrogens is 524 g/mol. The van der Waals surface area contributed by atoms with E-state index >= 15 is 0 Å². The molecule has 0 saturated heterocycles. The van der Waals surface area contributed by atoms with Crippen LogP contribution in [0.5, 0.6) is 0 Å². The van der Waals surface area contributed by atoms with E-state index in [0.717, 1.165) is 12.0 Å². The van der Waals surface area contributed by atoms with E-state index < -0.39 is 5.54 Å². The number of aromatic nitrogens is 3. The van der Waals surface area contributed by atoms with Crippen LogP contribution in [0.2, 0.25) is 0 Å². The predicted molar refractivity (Wildman–Crippen MR) is 159 cm³/mol. The minimum absolute atomic E-state index is 0.0206. The number of amidine groups is 1. The van der Waals surface area contributed by atoms with E-state index in [1.165, 1.54) is 6.42 Å². The molecule has 4 aliphatic rings. The van der Waals surface area contributed by atoms with Crippen molar-refractivity contribution in [3.63, 3.8) is 0 Å². The van der Waals surface area contributed by atoms with E-state index in [1.54, 1.807) is 49.2 Å². The highest BCUT2D eigenvalue weighted by Crippen LogP contribution is 2.63. The van der Waals surface area contributed by atoms with Gasteiger partial charge in [0.2, 0.25) is 0 Å². The number of imidazole rings is 1. The topological polar surface area (TPSA) is 104 Å². The number of benzene rings is 1. The summed E-state index contributed by atoms with van der Waals surface area (Å²) in [4.78, 5) is 43.6. The first-order valence-corrected chi connectivity index (χ1v) is 15.0. The molecule has 3 fully saturated rings. The number of Topliss-reactive ketones (excluding diaryl/α,β-unsaturated/α-hetero) is 1. The van der Waals surface area contributed by atoms with Crippen LogP contribution in [0.15, 0.2) is 72.5 Å². The van der Waals surface area contributed by atoms with Crippen molar-refractivity contribution in [2.24, 2.45) is 34.1 Å². The number of amides is 1. The van der Waals surface area contributed by atoms with Crippen molar-refractivity contribution in [3.05, 3.63) is 84.2 Å². The summed E-state index contributed by atoms with van der Waals surface area (Å²) in [5, 5.41) is 9.18. The number of hydrogen-bond acceptors (Lipinski definition) is 6. The Hall–Kier alpha value is -4.12. The smallest absolute Gasteiger partial charge is 0.256 e. The number of carbonyl (C=O) groups excluding carboxylic acids is 2. The maximum atomic E-state index is 14.6. The molecule has 3 heterocycles. The van der Waals surface area contributed by atoms with Gasteiger partial charge in [-0.2, -0.15) is 5.26 Å². The minimum atomic E-state index is -1.02. The number of rotatable bonds is 10. The van der Waals surface area contributed by atoms with Gasteiger partial charge in [0.25, 0.3) is 5.91 Å². The number of nitrogens with zero attached hydrogens (tertiary/aromatic N) is 6. The quantitative estimate of drug-likeness (QED) is 0.310. The standard InChI is InChI=1S/C34H38N6O2/c1-23-27(16-28-17-29(23)33(28,2)3)21-40-31(18-30(41)26-6-4-25(20-35)5-7-26)38-34(32(40)42,10-14-39-15-13-37-22-39)19-24-8-11-36-12-9-24/h4-9,11-13,15,22-23,27-29H,10,14,16-19,21H2,1-3H3. The highest BCUT2D eigenvalue weighted by Gasteiger charge is 2.57. The van der Waals surface area contributed by atoms with Gasteiger partial charge < -0.3 is 4.57 Å². The number of ketones is 1. The molecule has 1 aromatic carbocycles. The normalized spacial score (nSPS) is 27.7. The first kappa shape index (κ1) is 28.0. The Labute approximate surface area is 247 Å². The van der Waals surface area contributed by atoms with E-state index in [9.17, 15) is 14.9 Å². The van der Waals surface area contributed by atoms with Crippen LogP contribution in [0.3, 0.4) is 0 Å². The lowest BCUT2D eigenvalue weighted by Crippen LogP contribution is -2.57. The number of carbonyl (C=O) groups is 2. The molecule has 8 nitrogen and oxygen atoms in total. The lowest BCUT2D eigenvalue weighted by molar-refractivity contribution is -0.141. The molecule has 3 saturated carbocycles. The molecule has 2 bridgehead atoms. The second-order valence-electron chi connectivity index (χ2n) is 13.1. The zero-order valence-corrected chi connectivity index (χ0v) is 24.6. The summed E-state index contributed by atoms with van der Waals surface area (Å²) in [6, 6.07) is 12.7. The average molecular weight is 563 g/mol. The number of fused-ring (bicyclic) bond motifs is 2. The Morgan fingerprint density at radius 3 is 2.48 bits per heavy atom. The Kier molecular flexibility index (Phi) is 7.30. The lowest BCUT2D eigenvalue weighted by atomic mass is 9.43. The van der Waals surface area contributed by atoms with E-state index in [2.05, 4.69) is 36.8 Å². The Morgan fingerprint density at radius 2 is 1.83 bits per heavy atom. The van der Waals surface area contributed by atoms with Crippen molar-refractivity contribution < 1.29 is 9.59 Å². The molecule has 5 unspecified atom stereocenters. The molecule has 0 spiro atoms. The first-order valence-electron chi connectivity index (χ1n) is 15.0. The SMILES string of the molecule is CC1C(CN2C(=O)C(CCn3ccnc3)(Cc3ccncc3)N=C2CC(=O)c2ccc(C#N)cc2)CC2CC1C2(C)C. The van der Waals surface area contributed by atoms with Gasteiger partial charge in [-0.3, -0.25) is 24.5 Å². The molecule has 3 aliphatic carbocycles. The summed E-state index contributed by atoms with van der Waals surface area (Å²) >= 11 is 0. The van der Waals surface area contributed by atoms with E-state index in [-0.39, 0.29) is 18.1 Å². The highest BCUT2D eigenvalue weighted by molar-refractivity contribution is 6.17. The third kappa shape index (κ3) is 5.06. The molecule has 0 radical (unpaired) electrons. The van der Waals surface area contributed by atoms with E-state index in [1.807, 2.05) is 27.8 Å². The van der Waals surface area contributed by atoms with Crippen LogP contribution in [0, 0.1) is 40.4 Å². The summed E-state index contributed by atoms with van der Waals surface area (Å²) in [7, 11) is 0. The van der Waals surface area contributed by atoms with Gasteiger partial charge in [-0.15, -0.1) is 0 Å². The van der Waals surface area contributed by atoms with Gasteiger partial charge >= 0.3 is 0 Å². The fraction of sp³-hybridized carbons (Fsp3) is 0.471. The molecule has 8 heteroatoms. The van der Waals surface area contributed by atoms with Gasteiger partial charge in [-0.05, 0) is 78.2 Å². The van der Waals surface area contributed by atoms with Crippen molar-refractivity contribution in [2.75, 3.05) is 6.54 Å². The van der Waals surface area contributed by atoms with Crippen LogP contribution < -0.4 is 0 Å². The summed E-state index contributed by atoms with van der Waals surface area (Å²) < 4.78 is 1.97. The Morgan fingerprint density at radius 1 is 1.07 bits per heavy atom. The minimum Gasteiger partial charge on any atom is -0.337 e. The lowest BCUT2D eigenvalue weighted by Gasteiger charge is -2.62. The Bertz CT molecular complexity index is 1520. The second-order valence-corrected chi connectivity index (χ2v) is 13.1. The van der Waals surface area contributed by atoms with Crippen molar-refractivity contribution in [1.82, 2.24) is 19.4 Å². The molecule has 7 rings (SSSR count). The van der Waals surface area contributed by atoms with Gasteiger partial charge in [-0.25, -0.2) is 4.98 Å². The third-order valence-corrected chi connectivity index (χ3v) is 10.5. The van der Waals surface area contributed by atoms with Crippen molar-refractivity contribution >= 4 is 17.5 Å². The van der Waals surface area contributed by atoms with Crippen LogP contribution in [0.4, 0.5) is 0 Å². The van der Waals surface area contributed by atoms with Crippen molar-refractivity contribution in [3.8, 4) is 6.07 Å². The van der Waals surface area contributed by atoms with Gasteiger partial charge in [0.1, 0.15) is 11.4 Å². The number of aryl methyl sites for hydroxylation is 1. The van der Waals surface area contributed by atoms with E-state index in [0.29, 0.717) is 72.0 Å². The zero-order valence-electron chi connectivity index (χ0n) is 24.6. The third-order valence-electron chi connectivity index (χ3n) is 10.5. The van der Waals surface area contributed by atoms with Gasteiger partial charge in [0, 0.05) is 49.9 Å². The second kappa shape index (κ2) is 10.9. The number of nitriles is 1. The average Bonchev–Trinajstić information content (AvgIpc) is 3.60. The maximum Gasteiger partial charge on any atom is 0.256 e. The van der Waals surface area contributed by atoms with Crippen molar-refractivity contribution in [1.29, 1.82) is 5.26 Å². The molecular formula is C34H38N6O2. The van der Waals surface area contributed by atoms with Crippen LogP contribution in [0.25, 0.3) is 0 Å². The first-order chi connectivity index (χ1) is 20.2. The molecule has 2 aromatic heterocycles. The summed E-state index contributed by atoms with van der Waals surface area (Å²) in [5.41, 5.74) is 1.34. The van der Waals surface area contributed by atoms with Gasteiger partial charge in [0.15, 0.2) is 5.78 Å². The fourth-order valence-corrected chi connectivity index (χ4v) is 7.69. The Balaban J connectivity index is 1.33. The summed E-state index contributed by atoms with van der Waals surface area (Å²) in [5.74, 6) is 2.62. The summed E-state index contributed by atoms with van der Waals surface area (Å²) in [6.07, 6.45) is 12.2. The number of pyridine rings is 1. The number of aliphatic imine (C=N–C) groups is 1. The molecule has 1 amide bonds. The molecule has 0 N–H and O–H groups in total. The monoisotopic (exact) mass is 562 g/mol. The fourth-order valence-electron chi connectivity index (χ4n) is 7.69. The highest BCUT2D eigenvalue weighted by atomic mass is 16.2. The molecule has 3 aromatic rings. The molecule has 5 atom stereocenters. The van der Waals surface area contributed by atoms with Gasteiger partial charge in [-0.1, -0.05) is 32.9 Å². The summed E-state index contributed by atoms with van der Waals surface area (Å²) in [6.45, 7) is 8.29. The van der Waals surface area contributed by atoms with Crippen LogP contribution >= 0.6 is 0 Å². The van der Waals surface area contributed by atoms with Crippen LogP contribution in [0.1, 0.15) is 67.9 Å².